The molecule has 0 aliphatic carbocycles. The number of nitrogens with zero attached hydrogens (tertiary/aromatic N) is 2. The Hall–Kier alpha value is -3.13. The quantitative estimate of drug-likeness (QED) is 0.558. The van der Waals surface area contributed by atoms with E-state index in [2.05, 4.69) is 15.3 Å². The van der Waals surface area contributed by atoms with Crippen LogP contribution in [0.3, 0.4) is 0 Å². The van der Waals surface area contributed by atoms with Gasteiger partial charge in [-0.3, -0.25) is 10.1 Å². The van der Waals surface area contributed by atoms with Gasteiger partial charge in [-0.15, -0.1) is 0 Å². The molecule has 1 aliphatic rings. The van der Waals surface area contributed by atoms with E-state index in [0.717, 1.165) is 0 Å². The van der Waals surface area contributed by atoms with Crippen molar-refractivity contribution in [3.8, 4) is 0 Å². The highest BCUT2D eigenvalue weighted by Crippen LogP contribution is 2.40. The van der Waals surface area contributed by atoms with Crippen molar-refractivity contribution in [2.75, 3.05) is 0 Å². The monoisotopic (exact) mass is 376 g/mol. The summed E-state index contributed by atoms with van der Waals surface area (Å²) >= 11 is 6.11. The van der Waals surface area contributed by atoms with Crippen LogP contribution in [0.4, 0.5) is 0 Å². The molecule has 2 heterocycles. The Morgan fingerprint density at radius 3 is 2.46 bits per heavy atom. The van der Waals surface area contributed by atoms with Gasteiger partial charge in [-0.05, 0) is 25.5 Å². The molecule has 26 heavy (non-hydrogen) atoms. The number of nitro groups is 1. The lowest BCUT2D eigenvalue weighted by Gasteiger charge is -2.25. The van der Waals surface area contributed by atoms with Crippen molar-refractivity contribution >= 4 is 17.6 Å². The molecular formula is C17H17ClN4O4. The number of nitrogens with one attached hydrogen (secondary N) is 2. The maximum atomic E-state index is 11.5. The largest absolute Gasteiger partial charge is 0.478 e. The van der Waals surface area contributed by atoms with E-state index < -0.39 is 16.8 Å². The summed E-state index contributed by atoms with van der Waals surface area (Å²) in [5, 5.41) is 23.9. The average Bonchev–Trinajstić information content (AvgIpc) is 3.13. The zero-order chi connectivity index (χ0) is 19.3. The zero-order valence-electron chi connectivity index (χ0n) is 14.1. The molecule has 9 heteroatoms. The lowest BCUT2D eigenvalue weighted by Crippen LogP contribution is -2.30. The topological polar surface area (TPSA) is 121 Å². The molecule has 1 unspecified atom stereocenters. The number of aromatic nitrogens is 2. The van der Waals surface area contributed by atoms with E-state index >= 15 is 0 Å². The van der Waals surface area contributed by atoms with Gasteiger partial charge in [0.25, 0.3) is 5.70 Å². The van der Waals surface area contributed by atoms with Crippen molar-refractivity contribution < 1.29 is 14.8 Å². The van der Waals surface area contributed by atoms with E-state index in [0.29, 0.717) is 22.0 Å². The van der Waals surface area contributed by atoms with Crippen molar-refractivity contribution in [1.82, 2.24) is 15.3 Å². The van der Waals surface area contributed by atoms with Crippen LogP contribution in [0.1, 0.15) is 25.3 Å². The molecule has 0 saturated carbocycles. The fraction of sp³-hybridized carbons (Fsp3) is 0.176. The fourth-order valence-corrected chi connectivity index (χ4v) is 2.98. The van der Waals surface area contributed by atoms with Crippen LogP contribution >= 0.6 is 11.6 Å². The SMILES string of the molecule is CC1=C(C(=O)O)C(c2ccccc2Cl)C([N+](=O)[O-])=C(C)N1.c1c[nH]cn1. The summed E-state index contributed by atoms with van der Waals surface area (Å²) in [5.74, 6) is -2.22. The van der Waals surface area contributed by atoms with Gasteiger partial charge < -0.3 is 15.4 Å². The van der Waals surface area contributed by atoms with Crippen molar-refractivity contribution in [2.24, 2.45) is 0 Å². The van der Waals surface area contributed by atoms with Crippen molar-refractivity contribution in [2.45, 2.75) is 19.8 Å². The first-order chi connectivity index (χ1) is 12.3. The molecule has 0 amide bonds. The minimum atomic E-state index is -1.21. The predicted molar refractivity (Wildman–Crippen MR) is 95.9 cm³/mol. The highest BCUT2D eigenvalue weighted by molar-refractivity contribution is 6.31. The number of carboxylic acid groups (broad SMARTS) is 1. The summed E-state index contributed by atoms with van der Waals surface area (Å²) in [7, 11) is 0. The normalized spacial score (nSPS) is 16.5. The summed E-state index contributed by atoms with van der Waals surface area (Å²) in [4.78, 5) is 28.8. The molecule has 1 aromatic carbocycles. The second-order valence-electron chi connectivity index (χ2n) is 5.45. The maximum absolute atomic E-state index is 11.5. The number of imidazole rings is 1. The Labute approximate surface area is 154 Å². The van der Waals surface area contributed by atoms with Gasteiger partial charge in [0.05, 0.1) is 22.5 Å². The van der Waals surface area contributed by atoms with Crippen molar-refractivity contribution in [3.63, 3.8) is 0 Å². The first kappa shape index (κ1) is 19.2. The predicted octanol–water partition coefficient (Wildman–Crippen LogP) is 3.30. The number of aromatic amines is 1. The Bertz CT molecular complexity index is 821. The number of hydrogen-bond donors (Lipinski definition) is 3. The first-order valence-corrected chi connectivity index (χ1v) is 7.95. The van der Waals surface area contributed by atoms with Crippen LogP contribution in [0.5, 0.6) is 0 Å². The van der Waals surface area contributed by atoms with Gasteiger partial charge in [-0.2, -0.15) is 0 Å². The number of H-pyrrole nitrogens is 1. The summed E-state index contributed by atoms with van der Waals surface area (Å²) in [6, 6.07) is 6.54. The van der Waals surface area contributed by atoms with Gasteiger partial charge in [0, 0.05) is 23.1 Å². The van der Waals surface area contributed by atoms with E-state index in [-0.39, 0.29) is 11.3 Å². The molecule has 1 atom stereocenters. The smallest absolute Gasteiger partial charge is 0.334 e. The van der Waals surface area contributed by atoms with Crippen LogP contribution in [-0.4, -0.2) is 26.0 Å². The Morgan fingerprint density at radius 1 is 1.31 bits per heavy atom. The number of benzene rings is 1. The second-order valence-corrected chi connectivity index (χ2v) is 5.86. The molecule has 0 radical (unpaired) electrons. The molecule has 3 N–H and O–H groups in total. The number of allylic oxidation sites excluding steroid dienone is 3. The Kier molecular flexibility index (Phi) is 6.13. The van der Waals surface area contributed by atoms with Crippen LogP contribution in [0, 0.1) is 10.1 Å². The van der Waals surface area contributed by atoms with Crippen LogP contribution in [0.2, 0.25) is 5.02 Å². The molecule has 0 spiro atoms. The maximum Gasteiger partial charge on any atom is 0.334 e. The molecule has 1 aromatic heterocycles. The van der Waals surface area contributed by atoms with Crippen LogP contribution in [0.25, 0.3) is 0 Å². The van der Waals surface area contributed by atoms with Gasteiger partial charge in [-0.1, -0.05) is 29.8 Å². The third-order valence-electron chi connectivity index (χ3n) is 3.77. The third-order valence-corrected chi connectivity index (χ3v) is 4.12. The lowest BCUT2D eigenvalue weighted by molar-refractivity contribution is -0.431. The van der Waals surface area contributed by atoms with Crippen LogP contribution < -0.4 is 5.32 Å². The van der Waals surface area contributed by atoms with E-state index in [1.165, 1.54) is 0 Å². The Balaban J connectivity index is 0.000000417. The van der Waals surface area contributed by atoms with Crippen molar-refractivity contribution in [3.05, 3.63) is 86.4 Å². The molecule has 0 saturated heterocycles. The average molecular weight is 377 g/mol. The number of rotatable bonds is 3. The molecule has 136 valence electrons. The fourth-order valence-electron chi connectivity index (χ4n) is 2.74. The standard InChI is InChI=1S/C14H13ClN2O4.C3H4N2/c1-7-11(14(18)19)12(9-5-3-4-6-10(9)15)13(17(20)21)8(2)16-7;1-2-5-3-4-1/h3-6,12,16H,1-2H3,(H,18,19);1-3H,(H,4,5). The highest BCUT2D eigenvalue weighted by Gasteiger charge is 2.40. The van der Waals surface area contributed by atoms with Crippen molar-refractivity contribution in [1.29, 1.82) is 0 Å². The molecular weight excluding hydrogens is 360 g/mol. The van der Waals surface area contributed by atoms with E-state index in [4.69, 9.17) is 11.6 Å². The molecule has 1 aliphatic heterocycles. The first-order valence-electron chi connectivity index (χ1n) is 7.58. The molecule has 2 aromatic rings. The van der Waals surface area contributed by atoms with Gasteiger partial charge in [0.2, 0.25) is 0 Å². The van der Waals surface area contributed by atoms with E-state index in [1.807, 2.05) is 0 Å². The van der Waals surface area contributed by atoms with E-state index in [1.54, 1.807) is 56.8 Å². The lowest BCUT2D eigenvalue weighted by atomic mass is 9.84. The highest BCUT2D eigenvalue weighted by atomic mass is 35.5. The second kappa shape index (κ2) is 8.30. The number of dihydropyridines is 1. The minimum Gasteiger partial charge on any atom is -0.478 e. The van der Waals surface area contributed by atoms with Crippen LogP contribution in [0.15, 0.2) is 65.7 Å². The molecule has 3 rings (SSSR count). The van der Waals surface area contributed by atoms with E-state index in [9.17, 15) is 20.0 Å². The Morgan fingerprint density at radius 2 is 2.00 bits per heavy atom. The summed E-state index contributed by atoms with van der Waals surface area (Å²) in [6.07, 6.45) is 5.08. The van der Waals surface area contributed by atoms with Gasteiger partial charge >= 0.3 is 5.97 Å². The summed E-state index contributed by atoms with van der Waals surface area (Å²) in [5.41, 5.74) is 0.818. The number of halogens is 1. The minimum absolute atomic E-state index is 0.0691. The van der Waals surface area contributed by atoms with Gasteiger partial charge in [0.15, 0.2) is 0 Å². The molecule has 8 nitrogen and oxygen atoms in total. The summed E-state index contributed by atoms with van der Waals surface area (Å²) in [6.45, 7) is 3.12. The number of carboxylic acids is 1. The van der Waals surface area contributed by atoms with Gasteiger partial charge in [0.1, 0.15) is 5.92 Å². The summed E-state index contributed by atoms with van der Waals surface area (Å²) < 4.78 is 0. The van der Waals surface area contributed by atoms with Gasteiger partial charge in [-0.25, -0.2) is 9.78 Å². The number of aliphatic carboxylic acids is 1. The van der Waals surface area contributed by atoms with Crippen LogP contribution in [-0.2, 0) is 4.79 Å². The molecule has 0 fully saturated rings. The number of carbonyl (C=O) groups is 1. The zero-order valence-corrected chi connectivity index (χ0v) is 14.8. The molecule has 0 bridgehead atoms. The third kappa shape index (κ3) is 4.09. The number of hydrogen-bond acceptors (Lipinski definition) is 5.